The van der Waals surface area contributed by atoms with E-state index in [1.807, 2.05) is 27.7 Å². The molecule has 2 rings (SSSR count). The fourth-order valence-corrected chi connectivity index (χ4v) is 2.44. The van der Waals surface area contributed by atoms with Crippen LogP contribution in [-0.2, 0) is 14.1 Å². The quantitative estimate of drug-likeness (QED) is 0.850. The van der Waals surface area contributed by atoms with Gasteiger partial charge in [0.15, 0.2) is 5.82 Å². The number of phenolic OH excluding ortho intramolecular Hbond substituents is 1. The molecule has 0 bridgehead atoms. The molecule has 1 heterocycles. The predicted octanol–water partition coefficient (Wildman–Crippen LogP) is 1.73. The fraction of sp³-hybridized carbons (Fsp3) is 0.429. The second-order valence-electron chi connectivity index (χ2n) is 5.01. The third kappa shape index (κ3) is 1.77. The number of rotatable bonds is 1. The van der Waals surface area contributed by atoms with Crippen molar-refractivity contribution in [3.8, 4) is 17.1 Å². The van der Waals surface area contributed by atoms with Crippen LogP contribution >= 0.6 is 0 Å². The third-order valence-corrected chi connectivity index (χ3v) is 3.94. The second-order valence-corrected chi connectivity index (χ2v) is 5.01. The maximum absolute atomic E-state index is 11.8. The van der Waals surface area contributed by atoms with Crippen LogP contribution in [0.2, 0.25) is 0 Å². The van der Waals surface area contributed by atoms with Crippen LogP contribution in [0.3, 0.4) is 0 Å². The molecule has 19 heavy (non-hydrogen) atoms. The Labute approximate surface area is 112 Å². The van der Waals surface area contributed by atoms with Gasteiger partial charge in [-0.25, -0.2) is 9.48 Å². The van der Waals surface area contributed by atoms with Crippen LogP contribution in [0.1, 0.15) is 22.3 Å². The highest BCUT2D eigenvalue weighted by Gasteiger charge is 2.20. The number of aromatic nitrogens is 3. The van der Waals surface area contributed by atoms with Gasteiger partial charge in [-0.2, -0.15) is 0 Å². The summed E-state index contributed by atoms with van der Waals surface area (Å²) in [7, 11) is 3.31. The predicted molar refractivity (Wildman–Crippen MR) is 74.5 cm³/mol. The molecule has 0 spiro atoms. The lowest BCUT2D eigenvalue weighted by Crippen LogP contribution is -2.20. The van der Waals surface area contributed by atoms with Gasteiger partial charge in [0.05, 0.1) is 0 Å². The van der Waals surface area contributed by atoms with Crippen LogP contribution in [-0.4, -0.2) is 19.5 Å². The van der Waals surface area contributed by atoms with Crippen molar-refractivity contribution >= 4 is 0 Å². The molecule has 1 N–H and O–H groups in total. The number of hydrogen-bond donors (Lipinski definition) is 1. The minimum atomic E-state index is -0.175. The van der Waals surface area contributed by atoms with Crippen LogP contribution in [0.15, 0.2) is 4.79 Å². The van der Waals surface area contributed by atoms with Crippen molar-refractivity contribution in [2.45, 2.75) is 27.7 Å². The average Bonchev–Trinajstić information content (AvgIpc) is 2.62. The van der Waals surface area contributed by atoms with Crippen LogP contribution in [0, 0.1) is 27.7 Å². The monoisotopic (exact) mass is 261 g/mol. The van der Waals surface area contributed by atoms with Gasteiger partial charge in [0.2, 0.25) is 0 Å². The van der Waals surface area contributed by atoms with Crippen LogP contribution in [0.5, 0.6) is 5.75 Å². The number of nitrogens with zero attached hydrogens (tertiary/aromatic N) is 3. The summed E-state index contributed by atoms with van der Waals surface area (Å²) in [6.45, 7) is 7.70. The first kappa shape index (κ1) is 13.4. The Morgan fingerprint density at radius 3 is 2.00 bits per heavy atom. The van der Waals surface area contributed by atoms with Gasteiger partial charge >= 0.3 is 5.69 Å². The molecule has 102 valence electrons. The van der Waals surface area contributed by atoms with E-state index in [2.05, 4.69) is 5.10 Å². The summed E-state index contributed by atoms with van der Waals surface area (Å²) in [5, 5.41) is 14.5. The normalized spacial score (nSPS) is 11.1. The second kappa shape index (κ2) is 4.26. The minimum Gasteiger partial charge on any atom is -0.507 e. The van der Waals surface area contributed by atoms with Crippen molar-refractivity contribution in [3.63, 3.8) is 0 Å². The van der Waals surface area contributed by atoms with Gasteiger partial charge < -0.3 is 5.11 Å². The van der Waals surface area contributed by atoms with Gasteiger partial charge in [0.1, 0.15) is 5.75 Å². The van der Waals surface area contributed by atoms with E-state index >= 15 is 0 Å². The van der Waals surface area contributed by atoms with E-state index in [4.69, 9.17) is 0 Å². The van der Waals surface area contributed by atoms with Crippen LogP contribution in [0.4, 0.5) is 0 Å². The molecule has 5 heteroatoms. The zero-order valence-electron chi connectivity index (χ0n) is 12.2. The molecular weight excluding hydrogens is 242 g/mol. The molecule has 0 amide bonds. The Kier molecular flexibility index (Phi) is 3.00. The SMILES string of the molecule is Cc1c(C)c(O)c(C)c(-c2nn(C)c(=O)n2C)c1C. The first-order valence-corrected chi connectivity index (χ1v) is 6.17. The van der Waals surface area contributed by atoms with Crippen molar-refractivity contribution in [1.82, 2.24) is 14.3 Å². The van der Waals surface area contributed by atoms with Gasteiger partial charge in [-0.15, -0.1) is 5.10 Å². The van der Waals surface area contributed by atoms with Gasteiger partial charge in [-0.3, -0.25) is 4.57 Å². The zero-order chi connectivity index (χ0) is 14.5. The molecule has 1 aromatic carbocycles. The summed E-state index contributed by atoms with van der Waals surface area (Å²) in [5.41, 5.74) is 4.36. The van der Waals surface area contributed by atoms with E-state index in [1.54, 1.807) is 14.1 Å². The summed E-state index contributed by atoms with van der Waals surface area (Å²) < 4.78 is 2.81. The van der Waals surface area contributed by atoms with E-state index < -0.39 is 0 Å². The molecule has 0 atom stereocenters. The fourth-order valence-electron chi connectivity index (χ4n) is 2.44. The first-order chi connectivity index (χ1) is 8.77. The molecule has 0 saturated carbocycles. The van der Waals surface area contributed by atoms with Gasteiger partial charge in [-0.1, -0.05) is 0 Å². The summed E-state index contributed by atoms with van der Waals surface area (Å²) in [5.74, 6) is 0.858. The van der Waals surface area contributed by atoms with Crippen molar-refractivity contribution in [2.24, 2.45) is 14.1 Å². The molecule has 0 aliphatic carbocycles. The number of benzene rings is 1. The lowest BCUT2D eigenvalue weighted by atomic mass is 9.92. The third-order valence-electron chi connectivity index (χ3n) is 3.94. The van der Waals surface area contributed by atoms with Crippen molar-refractivity contribution < 1.29 is 5.11 Å². The Balaban J connectivity index is 2.91. The Morgan fingerprint density at radius 2 is 1.53 bits per heavy atom. The average molecular weight is 261 g/mol. The lowest BCUT2D eigenvalue weighted by molar-refractivity contribution is 0.466. The van der Waals surface area contributed by atoms with Crippen molar-refractivity contribution in [1.29, 1.82) is 0 Å². The van der Waals surface area contributed by atoms with Crippen molar-refractivity contribution in [2.75, 3.05) is 0 Å². The van der Waals surface area contributed by atoms with E-state index in [0.29, 0.717) is 5.82 Å². The largest absolute Gasteiger partial charge is 0.507 e. The van der Waals surface area contributed by atoms with Gasteiger partial charge in [0, 0.05) is 25.2 Å². The number of aryl methyl sites for hydroxylation is 1. The maximum Gasteiger partial charge on any atom is 0.345 e. The first-order valence-electron chi connectivity index (χ1n) is 6.17. The summed E-state index contributed by atoms with van der Waals surface area (Å²) in [6.07, 6.45) is 0. The highest BCUT2D eigenvalue weighted by atomic mass is 16.3. The molecule has 5 nitrogen and oxygen atoms in total. The molecule has 0 unspecified atom stereocenters. The molecule has 0 fully saturated rings. The van der Waals surface area contributed by atoms with Crippen LogP contribution in [0.25, 0.3) is 11.4 Å². The minimum absolute atomic E-state index is 0.175. The molecule has 1 aromatic heterocycles. The van der Waals surface area contributed by atoms with E-state index in [1.165, 1.54) is 9.25 Å². The van der Waals surface area contributed by atoms with E-state index in [0.717, 1.165) is 27.8 Å². The van der Waals surface area contributed by atoms with Crippen LogP contribution < -0.4 is 5.69 Å². The Hall–Kier alpha value is -2.04. The summed E-state index contributed by atoms with van der Waals surface area (Å²) in [6, 6.07) is 0. The molecule has 0 radical (unpaired) electrons. The van der Waals surface area contributed by atoms with Crippen molar-refractivity contribution in [3.05, 3.63) is 32.7 Å². The summed E-state index contributed by atoms with van der Waals surface area (Å²) >= 11 is 0. The van der Waals surface area contributed by atoms with E-state index in [9.17, 15) is 9.90 Å². The highest BCUT2D eigenvalue weighted by Crippen LogP contribution is 2.36. The molecule has 2 aromatic rings. The summed E-state index contributed by atoms with van der Waals surface area (Å²) in [4.78, 5) is 11.8. The number of phenols is 1. The van der Waals surface area contributed by atoms with Gasteiger partial charge in [-0.05, 0) is 44.4 Å². The van der Waals surface area contributed by atoms with Gasteiger partial charge in [0.25, 0.3) is 0 Å². The number of aromatic hydroxyl groups is 1. The Morgan fingerprint density at radius 1 is 0.947 bits per heavy atom. The Bertz CT molecular complexity index is 694. The lowest BCUT2D eigenvalue weighted by Gasteiger charge is -2.16. The standard InChI is InChI=1S/C14H19N3O2/c1-7-8(2)11(10(4)12(18)9(7)3)13-15-17(6)14(19)16(13)5/h18H,1-6H3. The molecule has 0 aliphatic rings. The number of hydrogen-bond acceptors (Lipinski definition) is 3. The molecule has 0 saturated heterocycles. The molecule has 0 aliphatic heterocycles. The topological polar surface area (TPSA) is 60.1 Å². The highest BCUT2D eigenvalue weighted by molar-refractivity contribution is 5.71. The smallest absolute Gasteiger partial charge is 0.345 e. The maximum atomic E-state index is 11.8. The zero-order valence-corrected chi connectivity index (χ0v) is 12.2. The molecular formula is C14H19N3O2. The van der Waals surface area contributed by atoms with E-state index in [-0.39, 0.29) is 11.4 Å².